The molecule has 108 valence electrons. The topological polar surface area (TPSA) is 36.9 Å². The van der Waals surface area contributed by atoms with Gasteiger partial charge in [-0.05, 0) is 29.0 Å². The molecule has 0 saturated heterocycles. The third-order valence-corrected chi connectivity index (χ3v) is 5.72. The number of benzene rings is 2. The third kappa shape index (κ3) is 3.17. The highest BCUT2D eigenvalue weighted by Gasteiger charge is 2.16. The smallest absolute Gasteiger partial charge is 0.205 e. The molecule has 4 nitrogen and oxygen atoms in total. The summed E-state index contributed by atoms with van der Waals surface area (Å²) in [7, 11) is 4.59. The van der Waals surface area contributed by atoms with E-state index < -0.39 is 16.8 Å². The fourth-order valence-electron chi connectivity index (χ4n) is 2.08. The monoisotopic (exact) mass is 312 g/mol. The Morgan fingerprint density at radius 2 is 1.40 bits per heavy atom. The Hall–Kier alpha value is -0.600. The van der Waals surface area contributed by atoms with E-state index in [1.807, 2.05) is 18.2 Å². The molecule has 0 amide bonds. The van der Waals surface area contributed by atoms with Crippen molar-refractivity contribution in [2.75, 3.05) is 28.4 Å². The minimum atomic E-state index is -1.04. The Morgan fingerprint density at radius 3 is 2.00 bits per heavy atom. The molecule has 2 rings (SSSR count). The van der Waals surface area contributed by atoms with Crippen LogP contribution in [0.2, 0.25) is 0 Å². The van der Waals surface area contributed by atoms with E-state index in [1.165, 1.54) is 0 Å². The highest BCUT2D eigenvalue weighted by atomic mass is 31.2. The molecule has 0 N–H and O–H groups in total. The largest absolute Gasteiger partial charge is 0.334 e. The first-order valence-corrected chi connectivity index (χ1v) is 8.40. The van der Waals surface area contributed by atoms with Crippen LogP contribution in [-0.4, -0.2) is 28.4 Å². The highest BCUT2D eigenvalue weighted by molar-refractivity contribution is 7.56. The van der Waals surface area contributed by atoms with Gasteiger partial charge < -0.3 is 18.1 Å². The van der Waals surface area contributed by atoms with Gasteiger partial charge in [-0.1, -0.05) is 18.2 Å². The summed E-state index contributed by atoms with van der Waals surface area (Å²) in [6.45, 7) is 0. The zero-order chi connectivity index (χ0) is 14.5. The lowest BCUT2D eigenvalue weighted by Crippen LogP contribution is -2.08. The van der Waals surface area contributed by atoms with Crippen LogP contribution in [0.5, 0.6) is 0 Å². The van der Waals surface area contributed by atoms with Crippen molar-refractivity contribution in [1.82, 2.24) is 0 Å². The maximum Gasteiger partial charge on any atom is 0.205 e. The number of fused-ring (bicyclic) bond motifs is 1. The molecule has 0 aliphatic carbocycles. The molecule has 0 fully saturated rings. The number of rotatable bonds is 6. The van der Waals surface area contributed by atoms with Gasteiger partial charge >= 0.3 is 0 Å². The average Bonchev–Trinajstić information content (AvgIpc) is 2.49. The molecule has 0 saturated carbocycles. The van der Waals surface area contributed by atoms with Gasteiger partial charge in [0.2, 0.25) is 16.8 Å². The van der Waals surface area contributed by atoms with Crippen LogP contribution in [0, 0.1) is 0 Å². The van der Waals surface area contributed by atoms with Crippen molar-refractivity contribution in [3.63, 3.8) is 0 Å². The number of hydrogen-bond donors (Lipinski definition) is 0. The van der Waals surface area contributed by atoms with Crippen LogP contribution in [0.4, 0.5) is 0 Å². The molecule has 0 aliphatic heterocycles. The van der Waals surface area contributed by atoms with Crippen molar-refractivity contribution in [2.45, 2.75) is 0 Å². The molecule has 0 heterocycles. The second-order valence-corrected chi connectivity index (χ2v) is 7.41. The zero-order valence-corrected chi connectivity index (χ0v) is 13.8. The van der Waals surface area contributed by atoms with Gasteiger partial charge in [-0.25, -0.2) is 0 Å². The molecule has 0 aromatic heterocycles. The molecule has 0 bridgehead atoms. The molecule has 0 spiro atoms. The highest BCUT2D eigenvalue weighted by Crippen LogP contribution is 2.39. The zero-order valence-electron chi connectivity index (χ0n) is 12.0. The molecule has 0 unspecified atom stereocenters. The molecule has 2 aromatic rings. The second kappa shape index (κ2) is 7.42. The first-order valence-electron chi connectivity index (χ1n) is 6.04. The van der Waals surface area contributed by atoms with E-state index in [0.717, 1.165) is 21.4 Å². The summed E-state index contributed by atoms with van der Waals surface area (Å²) in [4.78, 5) is 0. The summed E-state index contributed by atoms with van der Waals surface area (Å²) in [6, 6.07) is 12.3. The summed E-state index contributed by atoms with van der Waals surface area (Å²) < 4.78 is 21.5. The Kier molecular flexibility index (Phi) is 5.86. The van der Waals surface area contributed by atoms with Gasteiger partial charge in [0.15, 0.2) is 0 Å². The first kappa shape index (κ1) is 15.8. The third-order valence-electron chi connectivity index (χ3n) is 2.91. The van der Waals surface area contributed by atoms with Gasteiger partial charge in [0, 0.05) is 39.0 Å². The maximum atomic E-state index is 5.41. The fraction of sp³-hybridized carbons (Fsp3) is 0.286. The SMILES string of the molecule is COP(OC)c1ccc2c(P(OC)OC)cccc2c1. The van der Waals surface area contributed by atoms with Crippen molar-refractivity contribution in [3.8, 4) is 0 Å². The minimum Gasteiger partial charge on any atom is -0.334 e. The van der Waals surface area contributed by atoms with Crippen molar-refractivity contribution in [2.24, 2.45) is 0 Å². The maximum absolute atomic E-state index is 5.41. The fourth-order valence-corrected chi connectivity index (χ4v) is 4.25. The van der Waals surface area contributed by atoms with Gasteiger partial charge in [-0.15, -0.1) is 0 Å². The van der Waals surface area contributed by atoms with Crippen LogP contribution in [0.25, 0.3) is 10.8 Å². The summed E-state index contributed by atoms with van der Waals surface area (Å²) >= 11 is 0. The Bertz CT molecular complexity index is 568. The van der Waals surface area contributed by atoms with Crippen molar-refractivity contribution < 1.29 is 18.1 Å². The van der Waals surface area contributed by atoms with Gasteiger partial charge in [0.25, 0.3) is 0 Å². The molecular formula is C14H18O4P2. The molecule has 0 aliphatic rings. The Morgan fingerprint density at radius 1 is 0.750 bits per heavy atom. The molecule has 0 atom stereocenters. The van der Waals surface area contributed by atoms with E-state index in [9.17, 15) is 0 Å². The van der Waals surface area contributed by atoms with Crippen molar-refractivity contribution in [3.05, 3.63) is 36.4 Å². The van der Waals surface area contributed by atoms with Gasteiger partial charge in [0.05, 0.1) is 0 Å². The quantitative estimate of drug-likeness (QED) is 0.767. The van der Waals surface area contributed by atoms with Crippen LogP contribution < -0.4 is 10.6 Å². The molecular weight excluding hydrogens is 294 g/mol. The van der Waals surface area contributed by atoms with E-state index in [4.69, 9.17) is 18.1 Å². The van der Waals surface area contributed by atoms with E-state index in [1.54, 1.807) is 28.4 Å². The summed E-state index contributed by atoms with van der Waals surface area (Å²) in [6.07, 6.45) is 0. The van der Waals surface area contributed by atoms with E-state index >= 15 is 0 Å². The molecule has 6 heteroatoms. The first-order chi connectivity index (χ1) is 9.74. The molecule has 20 heavy (non-hydrogen) atoms. The Balaban J connectivity index is 2.50. The predicted molar refractivity (Wildman–Crippen MR) is 85.1 cm³/mol. The number of hydrogen-bond acceptors (Lipinski definition) is 4. The molecule has 2 aromatic carbocycles. The lowest BCUT2D eigenvalue weighted by Gasteiger charge is -2.16. The van der Waals surface area contributed by atoms with E-state index in [-0.39, 0.29) is 0 Å². The van der Waals surface area contributed by atoms with Crippen LogP contribution in [0.15, 0.2) is 36.4 Å². The standard InChI is InChI=1S/C14H18O4P2/c1-15-19(16-2)12-8-9-13-11(10-12)6-5-7-14(13)20(17-3)18-4/h5-10H,1-4H3. The van der Waals surface area contributed by atoms with Crippen molar-refractivity contribution >= 4 is 38.1 Å². The van der Waals surface area contributed by atoms with Gasteiger partial charge in [0.1, 0.15) is 0 Å². The van der Waals surface area contributed by atoms with E-state index in [2.05, 4.69) is 18.2 Å². The van der Waals surface area contributed by atoms with Gasteiger partial charge in [-0.2, -0.15) is 0 Å². The average molecular weight is 312 g/mol. The molecule has 0 radical (unpaired) electrons. The van der Waals surface area contributed by atoms with Crippen LogP contribution in [-0.2, 0) is 18.1 Å². The van der Waals surface area contributed by atoms with Crippen molar-refractivity contribution in [1.29, 1.82) is 0 Å². The normalized spacial score (nSPS) is 11.7. The Labute approximate surface area is 121 Å². The predicted octanol–water partition coefficient (Wildman–Crippen LogP) is 3.30. The summed E-state index contributed by atoms with van der Waals surface area (Å²) in [5.74, 6) is 0. The van der Waals surface area contributed by atoms with Crippen LogP contribution in [0.3, 0.4) is 0 Å². The lowest BCUT2D eigenvalue weighted by molar-refractivity contribution is 0.350. The minimum absolute atomic E-state index is 1.01. The van der Waals surface area contributed by atoms with E-state index in [0.29, 0.717) is 0 Å². The lowest BCUT2D eigenvalue weighted by atomic mass is 10.1. The summed E-state index contributed by atoms with van der Waals surface area (Å²) in [5.41, 5.74) is 0. The second-order valence-electron chi connectivity index (χ2n) is 3.93. The van der Waals surface area contributed by atoms with Crippen LogP contribution in [0.1, 0.15) is 0 Å². The summed E-state index contributed by atoms with van der Waals surface area (Å²) in [5, 5.41) is 4.39. The van der Waals surface area contributed by atoms with Crippen LogP contribution >= 0.6 is 16.8 Å². The van der Waals surface area contributed by atoms with Gasteiger partial charge in [-0.3, -0.25) is 0 Å².